The first-order valence-electron chi connectivity index (χ1n) is 7.29. The number of carbonyl (C=O) groups is 2. The fourth-order valence-electron chi connectivity index (χ4n) is 2.09. The Kier molecular flexibility index (Phi) is 5.93. The number of rotatable bonds is 5. The second-order valence-corrected chi connectivity index (χ2v) is 6.28. The van der Waals surface area contributed by atoms with Crippen LogP contribution in [-0.2, 0) is 16.1 Å². The summed E-state index contributed by atoms with van der Waals surface area (Å²) in [5, 5.41) is 2.74. The van der Waals surface area contributed by atoms with Gasteiger partial charge >= 0.3 is 0 Å². The zero-order valence-electron chi connectivity index (χ0n) is 13.2. The summed E-state index contributed by atoms with van der Waals surface area (Å²) < 4.78 is 0.919. The molecular weight excluding hydrogens is 356 g/mol. The summed E-state index contributed by atoms with van der Waals surface area (Å²) in [4.78, 5) is 25.7. The maximum absolute atomic E-state index is 12.1. The lowest BCUT2D eigenvalue weighted by atomic mass is 10.2. The number of nitrogens with zero attached hydrogens (tertiary/aromatic N) is 1. The molecule has 1 N–H and O–H groups in total. The number of carbonyl (C=O) groups excluding carboxylic acids is 2. The van der Waals surface area contributed by atoms with Crippen molar-refractivity contribution in [3.8, 4) is 0 Å². The van der Waals surface area contributed by atoms with Crippen molar-refractivity contribution >= 4 is 33.4 Å². The molecule has 0 saturated carbocycles. The highest BCUT2D eigenvalue weighted by Crippen LogP contribution is 2.20. The van der Waals surface area contributed by atoms with E-state index in [1.54, 1.807) is 11.9 Å². The summed E-state index contributed by atoms with van der Waals surface area (Å²) in [6.07, 6.45) is -0.172. The van der Waals surface area contributed by atoms with E-state index < -0.39 is 0 Å². The van der Waals surface area contributed by atoms with Crippen molar-refractivity contribution in [1.82, 2.24) is 4.90 Å². The molecule has 0 aliphatic carbocycles. The van der Waals surface area contributed by atoms with Crippen LogP contribution in [0.2, 0.25) is 0 Å². The fourth-order valence-corrected chi connectivity index (χ4v) is 2.47. The second kappa shape index (κ2) is 7.92. The van der Waals surface area contributed by atoms with Crippen molar-refractivity contribution in [2.24, 2.45) is 0 Å². The summed E-state index contributed by atoms with van der Waals surface area (Å²) in [7, 11) is 1.70. The lowest BCUT2D eigenvalue weighted by molar-refractivity contribution is -0.133. The standard InChI is InChI=1S/C18H19BrN2O2/c1-13-8-9-15(10-16(13)19)20-17(22)11-18(23)21(2)12-14-6-4-3-5-7-14/h3-10H,11-12H2,1-2H3,(H,20,22). The van der Waals surface area contributed by atoms with Crippen LogP contribution in [-0.4, -0.2) is 23.8 Å². The molecule has 0 aliphatic heterocycles. The Balaban J connectivity index is 1.88. The van der Waals surface area contributed by atoms with Crippen LogP contribution in [0.1, 0.15) is 17.5 Å². The molecule has 23 heavy (non-hydrogen) atoms. The minimum Gasteiger partial charge on any atom is -0.341 e. The summed E-state index contributed by atoms with van der Waals surface area (Å²) in [6, 6.07) is 15.2. The van der Waals surface area contributed by atoms with Crippen LogP contribution in [0.15, 0.2) is 53.0 Å². The zero-order chi connectivity index (χ0) is 16.8. The van der Waals surface area contributed by atoms with Gasteiger partial charge in [0, 0.05) is 23.8 Å². The summed E-state index contributed by atoms with van der Waals surface area (Å²) >= 11 is 3.42. The Morgan fingerprint density at radius 1 is 1.13 bits per heavy atom. The molecule has 0 unspecified atom stereocenters. The van der Waals surface area contributed by atoms with Crippen LogP contribution in [0.25, 0.3) is 0 Å². The highest BCUT2D eigenvalue weighted by molar-refractivity contribution is 9.10. The number of benzene rings is 2. The van der Waals surface area contributed by atoms with Crippen LogP contribution in [0.4, 0.5) is 5.69 Å². The van der Waals surface area contributed by atoms with E-state index in [0.29, 0.717) is 12.2 Å². The zero-order valence-corrected chi connectivity index (χ0v) is 14.8. The van der Waals surface area contributed by atoms with Gasteiger partial charge in [-0.25, -0.2) is 0 Å². The molecule has 0 atom stereocenters. The first-order chi connectivity index (χ1) is 11.0. The fraction of sp³-hybridized carbons (Fsp3) is 0.222. The predicted molar refractivity (Wildman–Crippen MR) is 95.0 cm³/mol. The molecule has 0 saturated heterocycles. The number of nitrogens with one attached hydrogen (secondary N) is 1. The summed E-state index contributed by atoms with van der Waals surface area (Å²) in [5.74, 6) is -0.525. The average molecular weight is 375 g/mol. The van der Waals surface area contributed by atoms with E-state index in [-0.39, 0.29) is 18.2 Å². The summed E-state index contributed by atoms with van der Waals surface area (Å²) in [5.41, 5.74) is 2.79. The number of aryl methyl sites for hydroxylation is 1. The lowest BCUT2D eigenvalue weighted by Gasteiger charge is -2.17. The van der Waals surface area contributed by atoms with E-state index in [1.807, 2.05) is 55.5 Å². The van der Waals surface area contributed by atoms with Crippen molar-refractivity contribution in [2.75, 3.05) is 12.4 Å². The molecule has 2 rings (SSSR count). The lowest BCUT2D eigenvalue weighted by Crippen LogP contribution is -2.30. The van der Waals surface area contributed by atoms with Crippen LogP contribution in [0.3, 0.4) is 0 Å². The van der Waals surface area contributed by atoms with Crippen molar-refractivity contribution in [2.45, 2.75) is 19.9 Å². The highest BCUT2D eigenvalue weighted by Gasteiger charge is 2.14. The van der Waals surface area contributed by atoms with E-state index >= 15 is 0 Å². The monoisotopic (exact) mass is 374 g/mol. The molecule has 4 nitrogen and oxygen atoms in total. The first-order valence-corrected chi connectivity index (χ1v) is 8.09. The topological polar surface area (TPSA) is 49.4 Å². The largest absolute Gasteiger partial charge is 0.341 e. The normalized spacial score (nSPS) is 10.2. The van der Waals surface area contributed by atoms with Gasteiger partial charge in [-0.1, -0.05) is 52.3 Å². The Hall–Kier alpha value is -2.14. The van der Waals surface area contributed by atoms with Gasteiger partial charge in [-0.3, -0.25) is 9.59 Å². The SMILES string of the molecule is Cc1ccc(NC(=O)CC(=O)N(C)Cc2ccccc2)cc1Br. The molecule has 0 aliphatic rings. The number of anilines is 1. The second-order valence-electron chi connectivity index (χ2n) is 5.42. The molecule has 2 amide bonds. The molecule has 120 valence electrons. The van der Waals surface area contributed by atoms with Gasteiger partial charge < -0.3 is 10.2 Å². The minimum absolute atomic E-state index is 0.172. The van der Waals surface area contributed by atoms with Gasteiger partial charge in [-0.2, -0.15) is 0 Å². The van der Waals surface area contributed by atoms with Crippen molar-refractivity contribution in [3.63, 3.8) is 0 Å². The van der Waals surface area contributed by atoms with Crippen molar-refractivity contribution < 1.29 is 9.59 Å². The number of amides is 2. The Morgan fingerprint density at radius 3 is 2.48 bits per heavy atom. The average Bonchev–Trinajstić information content (AvgIpc) is 2.51. The van der Waals surface area contributed by atoms with Crippen molar-refractivity contribution in [1.29, 1.82) is 0 Å². The van der Waals surface area contributed by atoms with E-state index in [2.05, 4.69) is 21.2 Å². The van der Waals surface area contributed by atoms with E-state index in [0.717, 1.165) is 15.6 Å². The number of hydrogen-bond acceptors (Lipinski definition) is 2. The maximum atomic E-state index is 12.1. The maximum Gasteiger partial charge on any atom is 0.233 e. The quantitative estimate of drug-likeness (QED) is 0.810. The van der Waals surface area contributed by atoms with Crippen LogP contribution < -0.4 is 5.32 Å². The molecule has 5 heteroatoms. The van der Waals surface area contributed by atoms with Gasteiger partial charge in [0.1, 0.15) is 6.42 Å². The predicted octanol–water partition coefficient (Wildman–Crippen LogP) is 3.74. The molecule has 0 spiro atoms. The van der Waals surface area contributed by atoms with Gasteiger partial charge in [0.05, 0.1) is 0 Å². The smallest absolute Gasteiger partial charge is 0.233 e. The minimum atomic E-state index is -0.314. The van der Waals surface area contributed by atoms with Crippen LogP contribution in [0, 0.1) is 6.92 Å². The van der Waals surface area contributed by atoms with Gasteiger partial charge in [0.25, 0.3) is 0 Å². The third-order valence-corrected chi connectivity index (χ3v) is 4.31. The van der Waals surface area contributed by atoms with E-state index in [9.17, 15) is 9.59 Å². The van der Waals surface area contributed by atoms with E-state index in [4.69, 9.17) is 0 Å². The first kappa shape index (κ1) is 17.2. The molecule has 2 aromatic carbocycles. The Labute approximate surface area is 144 Å². The van der Waals surface area contributed by atoms with Gasteiger partial charge in [0.15, 0.2) is 0 Å². The van der Waals surface area contributed by atoms with Crippen molar-refractivity contribution in [3.05, 3.63) is 64.1 Å². The van der Waals surface area contributed by atoms with Crippen LogP contribution in [0.5, 0.6) is 0 Å². The molecule has 0 aromatic heterocycles. The number of hydrogen-bond donors (Lipinski definition) is 1. The molecule has 0 radical (unpaired) electrons. The van der Waals surface area contributed by atoms with Gasteiger partial charge in [0.2, 0.25) is 11.8 Å². The van der Waals surface area contributed by atoms with Crippen LogP contribution >= 0.6 is 15.9 Å². The molecule has 0 bridgehead atoms. The molecule has 0 heterocycles. The third kappa shape index (κ3) is 5.21. The number of halogens is 1. The Morgan fingerprint density at radius 2 is 1.83 bits per heavy atom. The molecular formula is C18H19BrN2O2. The molecule has 0 fully saturated rings. The Bertz CT molecular complexity index is 701. The highest BCUT2D eigenvalue weighted by atomic mass is 79.9. The van der Waals surface area contributed by atoms with Gasteiger partial charge in [-0.15, -0.1) is 0 Å². The van der Waals surface area contributed by atoms with Gasteiger partial charge in [-0.05, 0) is 30.2 Å². The third-order valence-electron chi connectivity index (χ3n) is 3.46. The van der Waals surface area contributed by atoms with E-state index in [1.165, 1.54) is 0 Å². The molecule has 2 aromatic rings. The summed E-state index contributed by atoms with van der Waals surface area (Å²) in [6.45, 7) is 2.46.